The minimum Gasteiger partial charge on any atom is -0.342 e. The third-order valence-electron chi connectivity index (χ3n) is 3.92. The molecule has 1 aliphatic rings. The summed E-state index contributed by atoms with van der Waals surface area (Å²) in [4.78, 5) is 14.3. The number of carbonyl (C=O) groups excluding carboxylic acids is 1. The van der Waals surface area contributed by atoms with Crippen LogP contribution < -0.4 is 5.32 Å². The fourth-order valence-electron chi connectivity index (χ4n) is 2.71. The van der Waals surface area contributed by atoms with E-state index in [1.165, 1.54) is 5.56 Å². The van der Waals surface area contributed by atoms with Crippen molar-refractivity contribution in [1.29, 1.82) is 0 Å². The Kier molecular flexibility index (Phi) is 4.97. The molecule has 1 aromatic rings. The Morgan fingerprint density at radius 1 is 1.37 bits per heavy atom. The van der Waals surface area contributed by atoms with Crippen LogP contribution in [0.2, 0.25) is 0 Å². The molecule has 1 saturated heterocycles. The third-order valence-corrected chi connectivity index (χ3v) is 3.92. The van der Waals surface area contributed by atoms with E-state index in [2.05, 4.69) is 24.4 Å². The fourth-order valence-corrected chi connectivity index (χ4v) is 2.71. The van der Waals surface area contributed by atoms with Gasteiger partial charge in [-0.15, -0.1) is 0 Å². The first kappa shape index (κ1) is 14.1. The molecule has 3 nitrogen and oxygen atoms in total. The van der Waals surface area contributed by atoms with Crippen LogP contribution >= 0.6 is 0 Å². The Bertz CT molecular complexity index is 423. The van der Waals surface area contributed by atoms with Gasteiger partial charge in [0.15, 0.2) is 0 Å². The number of benzene rings is 1. The second kappa shape index (κ2) is 6.71. The van der Waals surface area contributed by atoms with Crippen LogP contribution in [0.25, 0.3) is 0 Å². The molecule has 0 saturated carbocycles. The number of carbonyl (C=O) groups is 1. The first-order chi connectivity index (χ1) is 9.16. The molecule has 1 unspecified atom stereocenters. The quantitative estimate of drug-likeness (QED) is 0.903. The van der Waals surface area contributed by atoms with Crippen LogP contribution in [-0.4, -0.2) is 37.0 Å². The van der Waals surface area contributed by atoms with Crippen LogP contribution in [0, 0.1) is 6.92 Å². The van der Waals surface area contributed by atoms with Gasteiger partial charge in [0.05, 0.1) is 6.42 Å². The SMILES string of the molecule is Cc1cccc(CC(=O)N(C)C2CCCNCC2)c1. The molecule has 1 amide bonds. The molecule has 0 aromatic heterocycles. The molecule has 3 heteroatoms. The van der Waals surface area contributed by atoms with Gasteiger partial charge >= 0.3 is 0 Å². The maximum atomic E-state index is 12.3. The Morgan fingerprint density at radius 2 is 2.21 bits per heavy atom. The molecule has 0 aliphatic carbocycles. The molecule has 19 heavy (non-hydrogen) atoms. The number of amides is 1. The fraction of sp³-hybridized carbons (Fsp3) is 0.562. The van der Waals surface area contributed by atoms with Crippen LogP contribution in [0.4, 0.5) is 0 Å². The predicted molar refractivity (Wildman–Crippen MR) is 78.2 cm³/mol. The maximum Gasteiger partial charge on any atom is 0.226 e. The number of hydrogen-bond acceptors (Lipinski definition) is 2. The maximum absolute atomic E-state index is 12.3. The van der Waals surface area contributed by atoms with Crippen molar-refractivity contribution in [2.24, 2.45) is 0 Å². The van der Waals surface area contributed by atoms with E-state index < -0.39 is 0 Å². The lowest BCUT2D eigenvalue weighted by molar-refractivity contribution is -0.131. The zero-order valence-electron chi connectivity index (χ0n) is 12.0. The Hall–Kier alpha value is -1.35. The van der Waals surface area contributed by atoms with Crippen molar-refractivity contribution in [2.45, 2.75) is 38.6 Å². The van der Waals surface area contributed by atoms with Gasteiger partial charge in [-0.3, -0.25) is 4.79 Å². The van der Waals surface area contributed by atoms with E-state index in [-0.39, 0.29) is 5.91 Å². The summed E-state index contributed by atoms with van der Waals surface area (Å²) in [7, 11) is 1.95. The second-order valence-electron chi connectivity index (χ2n) is 5.51. The van der Waals surface area contributed by atoms with E-state index in [1.54, 1.807) is 0 Å². The van der Waals surface area contributed by atoms with E-state index in [0.29, 0.717) is 12.5 Å². The average Bonchev–Trinajstić information content (AvgIpc) is 2.66. The van der Waals surface area contributed by atoms with Gasteiger partial charge in [0.2, 0.25) is 5.91 Å². The van der Waals surface area contributed by atoms with Crippen LogP contribution in [0.15, 0.2) is 24.3 Å². The number of rotatable bonds is 3. The van der Waals surface area contributed by atoms with E-state index in [9.17, 15) is 4.79 Å². The topological polar surface area (TPSA) is 32.3 Å². The molecule has 1 aliphatic heterocycles. The van der Waals surface area contributed by atoms with Gasteiger partial charge in [-0.05, 0) is 44.8 Å². The van der Waals surface area contributed by atoms with E-state index in [0.717, 1.165) is 37.9 Å². The van der Waals surface area contributed by atoms with Gasteiger partial charge in [0.25, 0.3) is 0 Å². The predicted octanol–water partition coefficient (Wildman–Crippen LogP) is 2.14. The highest BCUT2D eigenvalue weighted by Crippen LogP contribution is 2.14. The first-order valence-electron chi connectivity index (χ1n) is 7.19. The molecule has 104 valence electrons. The molecule has 1 fully saturated rings. The zero-order chi connectivity index (χ0) is 13.7. The van der Waals surface area contributed by atoms with Crippen LogP contribution in [0.5, 0.6) is 0 Å². The molecule has 0 radical (unpaired) electrons. The Labute approximate surface area is 116 Å². The molecule has 2 rings (SSSR count). The highest BCUT2D eigenvalue weighted by atomic mass is 16.2. The van der Waals surface area contributed by atoms with Crippen molar-refractivity contribution in [2.75, 3.05) is 20.1 Å². The van der Waals surface area contributed by atoms with Crippen molar-refractivity contribution in [3.8, 4) is 0 Å². The lowest BCUT2D eigenvalue weighted by Crippen LogP contribution is -2.38. The van der Waals surface area contributed by atoms with Crippen LogP contribution in [0.1, 0.15) is 30.4 Å². The van der Waals surface area contributed by atoms with E-state index in [1.807, 2.05) is 24.1 Å². The van der Waals surface area contributed by atoms with Crippen molar-refractivity contribution < 1.29 is 4.79 Å². The minimum atomic E-state index is 0.234. The van der Waals surface area contributed by atoms with Crippen molar-refractivity contribution in [3.05, 3.63) is 35.4 Å². The zero-order valence-corrected chi connectivity index (χ0v) is 12.0. The summed E-state index contributed by atoms with van der Waals surface area (Å²) < 4.78 is 0. The number of hydrogen-bond donors (Lipinski definition) is 1. The monoisotopic (exact) mass is 260 g/mol. The minimum absolute atomic E-state index is 0.234. The van der Waals surface area contributed by atoms with Crippen molar-refractivity contribution in [3.63, 3.8) is 0 Å². The number of nitrogens with one attached hydrogen (secondary N) is 1. The van der Waals surface area contributed by atoms with Gasteiger partial charge < -0.3 is 10.2 Å². The number of likely N-dealkylation sites (N-methyl/N-ethyl adjacent to an activating group) is 1. The van der Waals surface area contributed by atoms with Gasteiger partial charge in [-0.2, -0.15) is 0 Å². The lowest BCUT2D eigenvalue weighted by atomic mass is 10.1. The van der Waals surface area contributed by atoms with Gasteiger partial charge in [0.1, 0.15) is 0 Å². The number of aryl methyl sites for hydroxylation is 1. The van der Waals surface area contributed by atoms with Gasteiger partial charge in [-0.25, -0.2) is 0 Å². The normalized spacial score (nSPS) is 19.8. The van der Waals surface area contributed by atoms with Crippen LogP contribution in [-0.2, 0) is 11.2 Å². The standard InChI is InChI=1S/C16H24N2O/c1-13-5-3-6-14(11-13)12-16(19)18(2)15-7-4-9-17-10-8-15/h3,5-6,11,15,17H,4,7-10,12H2,1-2H3. The Balaban J connectivity index is 1.94. The highest BCUT2D eigenvalue weighted by molar-refractivity contribution is 5.78. The van der Waals surface area contributed by atoms with Gasteiger partial charge in [0, 0.05) is 13.1 Å². The summed E-state index contributed by atoms with van der Waals surface area (Å²) >= 11 is 0. The van der Waals surface area contributed by atoms with Crippen LogP contribution in [0.3, 0.4) is 0 Å². The van der Waals surface area contributed by atoms with Crippen molar-refractivity contribution >= 4 is 5.91 Å². The number of nitrogens with zero attached hydrogens (tertiary/aromatic N) is 1. The lowest BCUT2D eigenvalue weighted by Gasteiger charge is -2.27. The summed E-state index contributed by atoms with van der Waals surface area (Å²) in [6, 6.07) is 8.61. The molecular formula is C16H24N2O. The largest absolute Gasteiger partial charge is 0.342 e. The van der Waals surface area contributed by atoms with Gasteiger partial charge in [-0.1, -0.05) is 29.8 Å². The summed E-state index contributed by atoms with van der Waals surface area (Å²) in [6.45, 7) is 4.16. The summed E-state index contributed by atoms with van der Waals surface area (Å²) in [6.07, 6.45) is 3.86. The molecular weight excluding hydrogens is 236 g/mol. The first-order valence-corrected chi connectivity index (χ1v) is 7.19. The summed E-state index contributed by atoms with van der Waals surface area (Å²) in [5, 5.41) is 3.39. The van der Waals surface area contributed by atoms with E-state index >= 15 is 0 Å². The second-order valence-corrected chi connectivity index (χ2v) is 5.51. The molecule has 1 aromatic carbocycles. The molecule has 0 bridgehead atoms. The van der Waals surface area contributed by atoms with Crippen molar-refractivity contribution in [1.82, 2.24) is 10.2 Å². The highest BCUT2D eigenvalue weighted by Gasteiger charge is 2.20. The molecule has 0 spiro atoms. The molecule has 1 N–H and O–H groups in total. The summed E-state index contributed by atoms with van der Waals surface area (Å²) in [5.74, 6) is 0.234. The Morgan fingerprint density at radius 3 is 3.00 bits per heavy atom. The third kappa shape index (κ3) is 4.06. The molecule has 1 heterocycles. The van der Waals surface area contributed by atoms with E-state index in [4.69, 9.17) is 0 Å². The summed E-state index contributed by atoms with van der Waals surface area (Å²) in [5.41, 5.74) is 2.33. The smallest absolute Gasteiger partial charge is 0.226 e. The average molecular weight is 260 g/mol. The molecule has 1 atom stereocenters.